The van der Waals surface area contributed by atoms with Crippen molar-refractivity contribution >= 4 is 23.0 Å². The van der Waals surface area contributed by atoms with Gasteiger partial charge in [-0.2, -0.15) is 0 Å². The van der Waals surface area contributed by atoms with Gasteiger partial charge in [0.25, 0.3) is 5.56 Å². The quantitative estimate of drug-likeness (QED) is 0.720. The summed E-state index contributed by atoms with van der Waals surface area (Å²) in [6, 6.07) is 3.67. The average Bonchev–Trinajstić information content (AvgIpc) is 3.21. The summed E-state index contributed by atoms with van der Waals surface area (Å²) in [6.45, 7) is 4.39. The van der Waals surface area contributed by atoms with Crippen LogP contribution in [0, 0.1) is 0 Å². The molecule has 0 aliphatic carbocycles. The van der Waals surface area contributed by atoms with Crippen molar-refractivity contribution in [1.29, 1.82) is 0 Å². The minimum atomic E-state index is -0.480. The third-order valence-electron chi connectivity index (χ3n) is 4.32. The maximum absolute atomic E-state index is 12.3. The van der Waals surface area contributed by atoms with Gasteiger partial charge in [0.05, 0.1) is 12.3 Å². The third-order valence-corrected chi connectivity index (χ3v) is 5.34. The van der Waals surface area contributed by atoms with E-state index in [9.17, 15) is 9.59 Å². The van der Waals surface area contributed by atoms with Crippen LogP contribution in [0.25, 0.3) is 5.65 Å². The van der Waals surface area contributed by atoms with Crippen LogP contribution >= 0.6 is 11.3 Å². The van der Waals surface area contributed by atoms with Gasteiger partial charge in [-0.3, -0.25) is 14.8 Å². The molecule has 1 N–H and O–H groups in total. The zero-order valence-electron chi connectivity index (χ0n) is 13.8. The van der Waals surface area contributed by atoms with Crippen LogP contribution in [0.4, 0.5) is 0 Å². The van der Waals surface area contributed by atoms with Crippen molar-refractivity contribution < 1.29 is 9.53 Å². The molecule has 3 aromatic heterocycles. The molecule has 130 valence electrons. The van der Waals surface area contributed by atoms with Gasteiger partial charge in [0.2, 0.25) is 0 Å². The first-order valence-corrected chi connectivity index (χ1v) is 9.08. The summed E-state index contributed by atoms with van der Waals surface area (Å²) in [5.41, 5.74) is 2.37. The Morgan fingerprint density at radius 2 is 2.36 bits per heavy atom. The molecule has 0 amide bonds. The van der Waals surface area contributed by atoms with E-state index < -0.39 is 5.97 Å². The van der Waals surface area contributed by atoms with Crippen LogP contribution in [0.1, 0.15) is 33.4 Å². The van der Waals surface area contributed by atoms with Gasteiger partial charge in [0.15, 0.2) is 5.65 Å². The molecule has 4 rings (SSSR count). The van der Waals surface area contributed by atoms with Crippen LogP contribution in [-0.2, 0) is 24.2 Å². The lowest BCUT2D eigenvalue weighted by Gasteiger charge is -2.26. The highest BCUT2D eigenvalue weighted by Gasteiger charge is 2.20. The number of rotatable bonds is 4. The van der Waals surface area contributed by atoms with Gasteiger partial charge in [-0.05, 0) is 30.4 Å². The number of aromatic nitrogens is 3. The molecular formula is C17H18N4O3S. The van der Waals surface area contributed by atoms with Crippen molar-refractivity contribution in [3.05, 3.63) is 55.8 Å². The van der Waals surface area contributed by atoms with E-state index in [2.05, 4.69) is 26.4 Å². The number of nitrogens with one attached hydrogen (secondary N) is 1. The molecule has 25 heavy (non-hydrogen) atoms. The standard InChI is InChI=1S/C17H18N4O3S/c1-2-24-17(23)13-8-18-21-15(22)7-12(19-16(13)21)10-20-5-3-14-11(9-20)4-6-25-14/h4,6-8,18H,2-3,5,9-10H2,1H3. The summed E-state index contributed by atoms with van der Waals surface area (Å²) in [5.74, 6) is -0.480. The molecule has 0 spiro atoms. The lowest BCUT2D eigenvalue weighted by molar-refractivity contribution is 0.0528. The molecular weight excluding hydrogens is 340 g/mol. The fraction of sp³-hybridized carbons (Fsp3) is 0.353. The van der Waals surface area contributed by atoms with Crippen LogP contribution in [0.15, 0.2) is 28.5 Å². The Morgan fingerprint density at radius 1 is 1.48 bits per heavy atom. The number of ether oxygens (including phenoxy) is 1. The van der Waals surface area contributed by atoms with Crippen LogP contribution in [0.5, 0.6) is 0 Å². The number of aromatic amines is 1. The zero-order valence-corrected chi connectivity index (χ0v) is 14.6. The molecule has 4 heterocycles. The normalized spacial score (nSPS) is 14.6. The van der Waals surface area contributed by atoms with Crippen LogP contribution < -0.4 is 5.56 Å². The maximum Gasteiger partial charge on any atom is 0.343 e. The van der Waals surface area contributed by atoms with Crippen LogP contribution in [0.2, 0.25) is 0 Å². The second-order valence-electron chi connectivity index (χ2n) is 5.98. The van der Waals surface area contributed by atoms with E-state index in [4.69, 9.17) is 4.74 Å². The van der Waals surface area contributed by atoms with Crippen molar-refractivity contribution in [1.82, 2.24) is 19.5 Å². The molecule has 0 saturated heterocycles. The smallest absolute Gasteiger partial charge is 0.343 e. The molecule has 3 aromatic rings. The summed E-state index contributed by atoms with van der Waals surface area (Å²) in [6.07, 6.45) is 2.48. The Balaban J connectivity index is 1.63. The Bertz CT molecular complexity index is 987. The number of hydrogen-bond acceptors (Lipinski definition) is 6. The summed E-state index contributed by atoms with van der Waals surface area (Å²) in [4.78, 5) is 32.6. The van der Waals surface area contributed by atoms with Gasteiger partial charge in [-0.25, -0.2) is 14.3 Å². The second-order valence-corrected chi connectivity index (χ2v) is 6.98. The Hall–Kier alpha value is -2.45. The van der Waals surface area contributed by atoms with E-state index in [0.29, 0.717) is 17.9 Å². The number of thiophene rings is 1. The Morgan fingerprint density at radius 3 is 3.20 bits per heavy atom. The second kappa shape index (κ2) is 6.45. The molecule has 0 unspecified atom stereocenters. The molecule has 0 saturated carbocycles. The Kier molecular flexibility index (Phi) is 4.14. The first-order chi connectivity index (χ1) is 12.2. The van der Waals surface area contributed by atoms with Gasteiger partial charge >= 0.3 is 5.97 Å². The van der Waals surface area contributed by atoms with Gasteiger partial charge in [0, 0.05) is 36.8 Å². The first-order valence-electron chi connectivity index (χ1n) is 8.20. The largest absolute Gasteiger partial charge is 0.462 e. The highest BCUT2D eigenvalue weighted by Crippen LogP contribution is 2.24. The van der Waals surface area contributed by atoms with E-state index in [1.165, 1.54) is 27.2 Å². The fourth-order valence-corrected chi connectivity index (χ4v) is 4.03. The summed E-state index contributed by atoms with van der Waals surface area (Å²) < 4.78 is 6.30. The zero-order chi connectivity index (χ0) is 17.4. The number of carbonyl (C=O) groups excluding carboxylic acids is 1. The van der Waals surface area contributed by atoms with Crippen molar-refractivity contribution in [2.75, 3.05) is 13.2 Å². The summed E-state index contributed by atoms with van der Waals surface area (Å²) in [7, 11) is 0. The molecule has 8 heteroatoms. The number of esters is 1. The van der Waals surface area contributed by atoms with Gasteiger partial charge in [0.1, 0.15) is 5.56 Å². The topological polar surface area (TPSA) is 79.7 Å². The highest BCUT2D eigenvalue weighted by molar-refractivity contribution is 7.10. The van der Waals surface area contributed by atoms with Gasteiger partial charge in [-0.1, -0.05) is 0 Å². The SMILES string of the molecule is CCOC(=O)c1c[nH]n2c(=O)cc(CN3CCc4sccc4C3)nc12. The molecule has 0 aromatic carbocycles. The summed E-state index contributed by atoms with van der Waals surface area (Å²) >= 11 is 1.80. The minimum Gasteiger partial charge on any atom is -0.462 e. The molecule has 0 bridgehead atoms. The van der Waals surface area contributed by atoms with Crippen LogP contribution in [-0.4, -0.2) is 38.6 Å². The number of nitrogens with zero attached hydrogens (tertiary/aromatic N) is 3. The lowest BCUT2D eigenvalue weighted by atomic mass is 10.1. The molecule has 7 nitrogen and oxygen atoms in total. The van der Waals surface area contributed by atoms with Crippen molar-refractivity contribution in [3.8, 4) is 0 Å². The van der Waals surface area contributed by atoms with Crippen molar-refractivity contribution in [3.63, 3.8) is 0 Å². The number of fused-ring (bicyclic) bond motifs is 2. The molecule has 1 aliphatic heterocycles. The highest BCUT2D eigenvalue weighted by atomic mass is 32.1. The van der Waals surface area contributed by atoms with E-state index in [1.807, 2.05) is 0 Å². The van der Waals surface area contributed by atoms with Crippen molar-refractivity contribution in [2.24, 2.45) is 0 Å². The Labute approximate surface area is 147 Å². The molecule has 0 atom stereocenters. The van der Waals surface area contributed by atoms with E-state index in [-0.39, 0.29) is 17.7 Å². The number of hydrogen-bond donors (Lipinski definition) is 1. The first kappa shape index (κ1) is 16.0. The fourth-order valence-electron chi connectivity index (χ4n) is 3.14. The maximum atomic E-state index is 12.3. The van der Waals surface area contributed by atoms with E-state index >= 15 is 0 Å². The number of H-pyrrole nitrogens is 1. The van der Waals surface area contributed by atoms with Crippen LogP contribution in [0.3, 0.4) is 0 Å². The molecule has 1 aliphatic rings. The van der Waals surface area contributed by atoms with Gasteiger partial charge < -0.3 is 4.74 Å². The van der Waals surface area contributed by atoms with Crippen molar-refractivity contribution in [2.45, 2.75) is 26.4 Å². The third kappa shape index (κ3) is 2.98. The predicted molar refractivity (Wildman–Crippen MR) is 93.9 cm³/mol. The number of carbonyl (C=O) groups is 1. The lowest BCUT2D eigenvalue weighted by Crippen LogP contribution is -2.30. The predicted octanol–water partition coefficient (Wildman–Crippen LogP) is 1.82. The van der Waals surface area contributed by atoms with E-state index in [1.54, 1.807) is 18.3 Å². The summed E-state index contributed by atoms with van der Waals surface area (Å²) in [5, 5.41) is 4.89. The monoisotopic (exact) mass is 358 g/mol. The molecule has 0 radical (unpaired) electrons. The van der Waals surface area contributed by atoms with Gasteiger partial charge in [-0.15, -0.1) is 11.3 Å². The minimum absolute atomic E-state index is 0.233. The van der Waals surface area contributed by atoms with E-state index in [0.717, 1.165) is 19.5 Å². The average molecular weight is 358 g/mol. The molecule has 0 fully saturated rings.